The molecule has 0 saturated heterocycles. The summed E-state index contributed by atoms with van der Waals surface area (Å²) in [6, 6.07) is 8.42. The molecule has 1 aromatic heterocycles. The van der Waals surface area contributed by atoms with Gasteiger partial charge >= 0.3 is 0 Å². The zero-order valence-corrected chi connectivity index (χ0v) is 10.3. The highest BCUT2D eigenvalue weighted by Gasteiger charge is 2.06. The Kier molecular flexibility index (Phi) is 3.86. The molecule has 3 heteroatoms. The third-order valence-electron chi connectivity index (χ3n) is 2.82. The van der Waals surface area contributed by atoms with Crippen LogP contribution in [0.25, 0.3) is 10.9 Å². The minimum atomic E-state index is 0.722. The van der Waals surface area contributed by atoms with Gasteiger partial charge in [-0.05, 0) is 31.5 Å². The lowest BCUT2D eigenvalue weighted by Crippen LogP contribution is -2.15. The molecule has 0 spiro atoms. The molecule has 0 saturated carbocycles. The third kappa shape index (κ3) is 2.39. The third-order valence-corrected chi connectivity index (χ3v) is 3.08. The topological polar surface area (TPSA) is 27.8 Å². The van der Waals surface area contributed by atoms with Crippen LogP contribution in [0.1, 0.15) is 17.7 Å². The molecule has 0 aliphatic heterocycles. The zero-order chi connectivity index (χ0) is 11.4. The second-order valence-electron chi connectivity index (χ2n) is 3.99. The van der Waals surface area contributed by atoms with E-state index in [2.05, 4.69) is 41.5 Å². The number of nitrogens with one attached hydrogen (secondary N) is 2. The molecule has 1 heterocycles. The molecular formula is C13H17ClN2. The number of rotatable bonds is 5. The van der Waals surface area contributed by atoms with E-state index in [-0.39, 0.29) is 0 Å². The van der Waals surface area contributed by atoms with Gasteiger partial charge in [-0.15, -0.1) is 11.6 Å². The molecule has 16 heavy (non-hydrogen) atoms. The summed E-state index contributed by atoms with van der Waals surface area (Å²) in [5, 5.41) is 4.74. The molecule has 0 amide bonds. The zero-order valence-electron chi connectivity index (χ0n) is 9.52. The minimum Gasteiger partial charge on any atom is -0.358 e. The van der Waals surface area contributed by atoms with Gasteiger partial charge in [0.25, 0.3) is 0 Å². The van der Waals surface area contributed by atoms with Crippen LogP contribution in [-0.4, -0.2) is 17.4 Å². The Labute approximate surface area is 101 Å². The monoisotopic (exact) mass is 236 g/mol. The van der Waals surface area contributed by atoms with E-state index in [1.54, 1.807) is 0 Å². The molecule has 0 aliphatic carbocycles. The Balaban J connectivity index is 2.13. The summed E-state index contributed by atoms with van der Waals surface area (Å²) in [7, 11) is 0. The van der Waals surface area contributed by atoms with Gasteiger partial charge in [-0.2, -0.15) is 0 Å². The Morgan fingerprint density at radius 1 is 1.31 bits per heavy atom. The van der Waals surface area contributed by atoms with E-state index < -0.39 is 0 Å². The van der Waals surface area contributed by atoms with Gasteiger partial charge < -0.3 is 10.3 Å². The molecule has 2 rings (SSSR count). The van der Waals surface area contributed by atoms with Crippen LogP contribution in [0, 0.1) is 6.92 Å². The molecule has 0 bridgehead atoms. The van der Waals surface area contributed by atoms with Gasteiger partial charge in [-0.25, -0.2) is 0 Å². The summed E-state index contributed by atoms with van der Waals surface area (Å²) in [4.78, 5) is 3.40. The predicted octanol–water partition coefficient (Wildman–Crippen LogP) is 3.19. The maximum Gasteiger partial charge on any atom is 0.0459 e. The number of aromatic nitrogens is 1. The SMILES string of the molecule is Cc1[nH]c2ccccc2c1CNCCCCl. The van der Waals surface area contributed by atoms with Gasteiger partial charge in [-0.3, -0.25) is 0 Å². The number of H-pyrrole nitrogens is 1. The number of hydrogen-bond donors (Lipinski definition) is 2. The molecule has 0 aliphatic rings. The van der Waals surface area contributed by atoms with Crippen LogP contribution in [0.5, 0.6) is 0 Å². The van der Waals surface area contributed by atoms with Crippen LogP contribution in [0.2, 0.25) is 0 Å². The first kappa shape index (κ1) is 11.5. The first-order chi connectivity index (χ1) is 7.83. The van der Waals surface area contributed by atoms with Crippen molar-refractivity contribution in [2.45, 2.75) is 19.9 Å². The quantitative estimate of drug-likeness (QED) is 0.606. The van der Waals surface area contributed by atoms with Crippen LogP contribution >= 0.6 is 11.6 Å². The molecule has 2 nitrogen and oxygen atoms in total. The normalized spacial score (nSPS) is 11.1. The average Bonchev–Trinajstić information content (AvgIpc) is 2.61. The number of alkyl halides is 1. The van der Waals surface area contributed by atoms with E-state index in [9.17, 15) is 0 Å². The standard InChI is InChI=1S/C13H17ClN2/c1-10-12(9-15-8-4-7-14)11-5-2-3-6-13(11)16-10/h2-3,5-6,15-16H,4,7-9H2,1H3. The number of halogens is 1. The summed E-state index contributed by atoms with van der Waals surface area (Å²) < 4.78 is 0. The average molecular weight is 237 g/mol. The fourth-order valence-corrected chi connectivity index (χ4v) is 2.10. The Hall–Kier alpha value is -0.990. The van der Waals surface area contributed by atoms with Gasteiger partial charge in [0.2, 0.25) is 0 Å². The van der Waals surface area contributed by atoms with Crippen molar-refractivity contribution in [1.29, 1.82) is 0 Å². The van der Waals surface area contributed by atoms with E-state index in [0.29, 0.717) is 0 Å². The first-order valence-electron chi connectivity index (χ1n) is 5.66. The molecular weight excluding hydrogens is 220 g/mol. The van der Waals surface area contributed by atoms with E-state index in [1.165, 1.54) is 22.2 Å². The van der Waals surface area contributed by atoms with Crippen molar-refractivity contribution in [3.63, 3.8) is 0 Å². The van der Waals surface area contributed by atoms with E-state index in [4.69, 9.17) is 11.6 Å². The van der Waals surface area contributed by atoms with E-state index in [0.717, 1.165) is 25.4 Å². The van der Waals surface area contributed by atoms with Gasteiger partial charge in [0, 0.05) is 29.0 Å². The van der Waals surface area contributed by atoms with Gasteiger partial charge in [0.05, 0.1) is 0 Å². The molecule has 0 atom stereocenters. The lowest BCUT2D eigenvalue weighted by molar-refractivity contribution is 0.678. The summed E-state index contributed by atoms with van der Waals surface area (Å²) in [6.45, 7) is 4.01. The minimum absolute atomic E-state index is 0.722. The van der Waals surface area contributed by atoms with Crippen molar-refractivity contribution in [3.8, 4) is 0 Å². The smallest absolute Gasteiger partial charge is 0.0459 e. The molecule has 0 unspecified atom stereocenters. The second kappa shape index (κ2) is 5.37. The van der Waals surface area contributed by atoms with Crippen LogP contribution in [-0.2, 0) is 6.54 Å². The summed E-state index contributed by atoms with van der Waals surface area (Å²) in [5.41, 5.74) is 3.83. The Morgan fingerprint density at radius 2 is 2.12 bits per heavy atom. The first-order valence-corrected chi connectivity index (χ1v) is 6.19. The van der Waals surface area contributed by atoms with Crippen molar-refractivity contribution >= 4 is 22.5 Å². The molecule has 1 aromatic carbocycles. The van der Waals surface area contributed by atoms with Gasteiger partial charge in [-0.1, -0.05) is 18.2 Å². The summed E-state index contributed by atoms with van der Waals surface area (Å²) >= 11 is 5.64. The lowest BCUT2D eigenvalue weighted by Gasteiger charge is -2.03. The lowest BCUT2D eigenvalue weighted by atomic mass is 10.1. The van der Waals surface area contributed by atoms with Crippen LogP contribution in [0.4, 0.5) is 0 Å². The fourth-order valence-electron chi connectivity index (χ4n) is 1.97. The van der Waals surface area contributed by atoms with E-state index in [1.807, 2.05) is 0 Å². The van der Waals surface area contributed by atoms with Crippen molar-refractivity contribution in [3.05, 3.63) is 35.5 Å². The number of aryl methyl sites for hydroxylation is 1. The molecule has 86 valence electrons. The number of hydrogen-bond acceptors (Lipinski definition) is 1. The Bertz CT molecular complexity index is 462. The number of benzene rings is 1. The molecule has 2 N–H and O–H groups in total. The van der Waals surface area contributed by atoms with Gasteiger partial charge in [0.1, 0.15) is 0 Å². The van der Waals surface area contributed by atoms with E-state index >= 15 is 0 Å². The number of para-hydroxylation sites is 1. The Morgan fingerprint density at radius 3 is 2.94 bits per heavy atom. The van der Waals surface area contributed by atoms with Gasteiger partial charge in [0.15, 0.2) is 0 Å². The highest BCUT2D eigenvalue weighted by Crippen LogP contribution is 2.21. The largest absolute Gasteiger partial charge is 0.358 e. The number of fused-ring (bicyclic) bond motifs is 1. The van der Waals surface area contributed by atoms with Crippen molar-refractivity contribution in [1.82, 2.24) is 10.3 Å². The second-order valence-corrected chi connectivity index (χ2v) is 4.37. The van der Waals surface area contributed by atoms with Crippen molar-refractivity contribution in [2.24, 2.45) is 0 Å². The molecule has 0 fully saturated rings. The maximum atomic E-state index is 5.64. The fraction of sp³-hybridized carbons (Fsp3) is 0.385. The molecule has 0 radical (unpaired) electrons. The van der Waals surface area contributed by atoms with Crippen LogP contribution < -0.4 is 5.32 Å². The maximum absolute atomic E-state index is 5.64. The van der Waals surface area contributed by atoms with Crippen LogP contribution in [0.3, 0.4) is 0 Å². The molecule has 2 aromatic rings. The summed E-state index contributed by atoms with van der Waals surface area (Å²) in [5.74, 6) is 0.722. The highest BCUT2D eigenvalue weighted by atomic mass is 35.5. The highest BCUT2D eigenvalue weighted by molar-refractivity contribution is 6.17. The van der Waals surface area contributed by atoms with Crippen molar-refractivity contribution in [2.75, 3.05) is 12.4 Å². The van der Waals surface area contributed by atoms with Crippen LogP contribution in [0.15, 0.2) is 24.3 Å². The van der Waals surface area contributed by atoms with Crippen molar-refractivity contribution < 1.29 is 0 Å². The predicted molar refractivity (Wildman–Crippen MR) is 70.1 cm³/mol. The number of aromatic amines is 1. The summed E-state index contributed by atoms with van der Waals surface area (Å²) in [6.07, 6.45) is 1.02.